The van der Waals surface area contributed by atoms with Gasteiger partial charge in [-0.25, -0.2) is 4.98 Å². The van der Waals surface area contributed by atoms with Gasteiger partial charge in [0, 0.05) is 42.8 Å². The first-order valence-electron chi connectivity index (χ1n) is 9.59. The molecule has 152 valence electrons. The number of thiazole rings is 1. The lowest BCUT2D eigenvalue weighted by molar-refractivity contribution is 0.647. The summed E-state index contributed by atoms with van der Waals surface area (Å²) in [6.07, 6.45) is 1.10. The van der Waals surface area contributed by atoms with Crippen molar-refractivity contribution in [2.45, 2.75) is 19.0 Å². The van der Waals surface area contributed by atoms with Gasteiger partial charge in [-0.1, -0.05) is 48.5 Å². The second-order valence-corrected chi connectivity index (χ2v) is 7.71. The van der Waals surface area contributed by atoms with Crippen LogP contribution in [0.15, 0.2) is 71.0 Å². The number of nitrogens with zero attached hydrogens (tertiary/aromatic N) is 3. The zero-order chi connectivity index (χ0) is 19.2. The number of aliphatic imine (C=N–C) groups is 1. The quantitative estimate of drug-likeness (QED) is 0.299. The van der Waals surface area contributed by atoms with E-state index in [2.05, 4.69) is 68.4 Å². The molecule has 0 bridgehead atoms. The van der Waals surface area contributed by atoms with Crippen LogP contribution in [0, 0.1) is 0 Å². The van der Waals surface area contributed by atoms with Crippen LogP contribution in [0.1, 0.15) is 12.1 Å². The average Bonchev–Trinajstić information content (AvgIpc) is 3.42. The fourth-order valence-corrected chi connectivity index (χ4v) is 4.24. The summed E-state index contributed by atoms with van der Waals surface area (Å²) in [5.74, 6) is 0.828. The number of hydrogen-bond donors (Lipinski definition) is 2. The molecule has 1 aromatic heterocycles. The van der Waals surface area contributed by atoms with E-state index in [0.29, 0.717) is 12.6 Å². The Balaban J connectivity index is 0.00000240. The van der Waals surface area contributed by atoms with Crippen LogP contribution in [0.3, 0.4) is 0 Å². The van der Waals surface area contributed by atoms with Crippen molar-refractivity contribution in [2.24, 2.45) is 4.99 Å². The Morgan fingerprint density at radius 2 is 1.86 bits per heavy atom. The SMILES string of the molecule is CN=C(NCc1csc(-c2ccccc2)n1)NC1CCN(c2ccccc2)C1.I. The Kier molecular flexibility index (Phi) is 7.88. The summed E-state index contributed by atoms with van der Waals surface area (Å²) < 4.78 is 0. The van der Waals surface area contributed by atoms with Crippen LogP contribution < -0.4 is 15.5 Å². The molecule has 1 aliphatic heterocycles. The third-order valence-corrected chi connectivity index (χ3v) is 5.82. The third kappa shape index (κ3) is 5.70. The highest BCUT2D eigenvalue weighted by atomic mass is 127. The average molecular weight is 519 g/mol. The van der Waals surface area contributed by atoms with Gasteiger partial charge in [-0.3, -0.25) is 4.99 Å². The zero-order valence-corrected chi connectivity index (χ0v) is 19.6. The van der Waals surface area contributed by atoms with E-state index in [9.17, 15) is 0 Å². The van der Waals surface area contributed by atoms with Crippen molar-refractivity contribution in [1.82, 2.24) is 15.6 Å². The number of benzene rings is 2. The maximum absolute atomic E-state index is 4.74. The van der Waals surface area contributed by atoms with Crippen LogP contribution in [0.2, 0.25) is 0 Å². The van der Waals surface area contributed by atoms with E-state index < -0.39 is 0 Å². The van der Waals surface area contributed by atoms with E-state index in [1.54, 1.807) is 11.3 Å². The highest BCUT2D eigenvalue weighted by molar-refractivity contribution is 14.0. The fraction of sp³-hybridized carbons (Fsp3) is 0.273. The molecule has 0 spiro atoms. The second kappa shape index (κ2) is 10.6. The molecule has 7 heteroatoms. The Hall–Kier alpha value is -2.13. The minimum absolute atomic E-state index is 0. The van der Waals surface area contributed by atoms with Crippen LogP contribution in [0.25, 0.3) is 10.6 Å². The van der Waals surface area contributed by atoms with Gasteiger partial charge in [-0.15, -0.1) is 35.3 Å². The van der Waals surface area contributed by atoms with Gasteiger partial charge in [-0.2, -0.15) is 0 Å². The molecule has 0 saturated carbocycles. The topological polar surface area (TPSA) is 52.6 Å². The standard InChI is InChI=1S/C22H25N5S.HI/c1-23-22(26-18-12-13-27(15-18)20-10-6-3-7-11-20)24-14-19-16-28-21(25-19)17-8-4-2-5-9-17;/h2-11,16,18H,12-15H2,1H3,(H2,23,24,26);1H. The first kappa shape index (κ1) is 21.6. The lowest BCUT2D eigenvalue weighted by Crippen LogP contribution is -2.44. The van der Waals surface area contributed by atoms with Gasteiger partial charge >= 0.3 is 0 Å². The van der Waals surface area contributed by atoms with Gasteiger partial charge in [0.05, 0.1) is 12.2 Å². The van der Waals surface area contributed by atoms with Gasteiger partial charge in [0.2, 0.25) is 0 Å². The van der Waals surface area contributed by atoms with Crippen LogP contribution in [-0.4, -0.2) is 37.1 Å². The number of guanidine groups is 1. The van der Waals surface area contributed by atoms with Crippen molar-refractivity contribution in [3.8, 4) is 10.6 Å². The third-order valence-electron chi connectivity index (χ3n) is 4.88. The summed E-state index contributed by atoms with van der Waals surface area (Å²) in [5, 5.41) is 10.1. The van der Waals surface area contributed by atoms with E-state index >= 15 is 0 Å². The predicted molar refractivity (Wildman–Crippen MR) is 133 cm³/mol. The van der Waals surface area contributed by atoms with E-state index in [1.165, 1.54) is 5.69 Å². The molecule has 0 aliphatic carbocycles. The smallest absolute Gasteiger partial charge is 0.191 e. The summed E-state index contributed by atoms with van der Waals surface area (Å²) in [6, 6.07) is 21.3. The number of nitrogens with one attached hydrogen (secondary N) is 2. The minimum Gasteiger partial charge on any atom is -0.369 e. The van der Waals surface area contributed by atoms with Crippen molar-refractivity contribution >= 4 is 47.0 Å². The molecule has 1 saturated heterocycles. The van der Waals surface area contributed by atoms with Crippen LogP contribution in [0.4, 0.5) is 5.69 Å². The number of para-hydroxylation sites is 1. The van der Waals surface area contributed by atoms with E-state index in [4.69, 9.17) is 4.98 Å². The number of anilines is 1. The molecular weight excluding hydrogens is 493 g/mol. The van der Waals surface area contributed by atoms with E-state index in [1.807, 2.05) is 25.2 Å². The Labute approximate surface area is 193 Å². The van der Waals surface area contributed by atoms with Crippen LogP contribution in [0.5, 0.6) is 0 Å². The molecule has 1 unspecified atom stereocenters. The van der Waals surface area contributed by atoms with E-state index in [-0.39, 0.29) is 24.0 Å². The number of rotatable bonds is 5. The fourth-order valence-electron chi connectivity index (χ4n) is 3.42. The highest BCUT2D eigenvalue weighted by Gasteiger charge is 2.23. The molecule has 1 fully saturated rings. The molecule has 29 heavy (non-hydrogen) atoms. The molecule has 0 radical (unpaired) electrons. The van der Waals surface area contributed by atoms with Crippen molar-refractivity contribution in [3.05, 3.63) is 71.7 Å². The minimum atomic E-state index is 0. The van der Waals surface area contributed by atoms with Crippen LogP contribution in [-0.2, 0) is 6.54 Å². The Morgan fingerprint density at radius 1 is 1.14 bits per heavy atom. The molecular formula is C22H26IN5S. The highest BCUT2D eigenvalue weighted by Crippen LogP contribution is 2.23. The first-order chi connectivity index (χ1) is 13.8. The largest absolute Gasteiger partial charge is 0.369 e. The lowest BCUT2D eigenvalue weighted by Gasteiger charge is -2.20. The summed E-state index contributed by atoms with van der Waals surface area (Å²) in [7, 11) is 1.82. The number of aromatic nitrogens is 1. The monoisotopic (exact) mass is 519 g/mol. The van der Waals surface area contributed by atoms with Gasteiger partial charge < -0.3 is 15.5 Å². The van der Waals surface area contributed by atoms with Crippen molar-refractivity contribution in [3.63, 3.8) is 0 Å². The van der Waals surface area contributed by atoms with E-state index in [0.717, 1.165) is 41.7 Å². The Bertz CT molecular complexity index is 913. The predicted octanol–water partition coefficient (Wildman–Crippen LogP) is 4.37. The first-order valence-corrected chi connectivity index (χ1v) is 10.5. The summed E-state index contributed by atoms with van der Waals surface area (Å²) >= 11 is 1.67. The molecule has 1 atom stereocenters. The van der Waals surface area contributed by atoms with Crippen molar-refractivity contribution in [2.75, 3.05) is 25.0 Å². The second-order valence-electron chi connectivity index (χ2n) is 6.85. The molecule has 5 nitrogen and oxygen atoms in total. The Morgan fingerprint density at radius 3 is 2.59 bits per heavy atom. The van der Waals surface area contributed by atoms with Gasteiger partial charge in [-0.05, 0) is 18.6 Å². The lowest BCUT2D eigenvalue weighted by atomic mass is 10.2. The molecule has 2 aromatic carbocycles. The van der Waals surface area contributed by atoms with Gasteiger partial charge in [0.1, 0.15) is 5.01 Å². The van der Waals surface area contributed by atoms with Gasteiger partial charge in [0.15, 0.2) is 5.96 Å². The normalized spacial score (nSPS) is 16.4. The summed E-state index contributed by atoms with van der Waals surface area (Å²) in [6.45, 7) is 2.71. The van der Waals surface area contributed by atoms with Crippen molar-refractivity contribution in [1.29, 1.82) is 0 Å². The summed E-state index contributed by atoms with van der Waals surface area (Å²) in [4.78, 5) is 11.5. The number of hydrogen-bond acceptors (Lipinski definition) is 4. The molecule has 2 heterocycles. The molecule has 2 N–H and O–H groups in total. The van der Waals surface area contributed by atoms with Crippen LogP contribution >= 0.6 is 35.3 Å². The zero-order valence-electron chi connectivity index (χ0n) is 16.4. The molecule has 4 rings (SSSR count). The molecule has 0 amide bonds. The maximum Gasteiger partial charge on any atom is 0.191 e. The molecule has 1 aliphatic rings. The molecule has 3 aromatic rings. The number of halogens is 1. The summed E-state index contributed by atoms with van der Waals surface area (Å²) in [5.41, 5.74) is 3.48. The maximum atomic E-state index is 4.74. The van der Waals surface area contributed by atoms with Gasteiger partial charge in [0.25, 0.3) is 0 Å². The van der Waals surface area contributed by atoms with Crippen molar-refractivity contribution < 1.29 is 0 Å².